The van der Waals surface area contributed by atoms with Crippen molar-refractivity contribution in [1.82, 2.24) is 15.3 Å². The summed E-state index contributed by atoms with van der Waals surface area (Å²) in [6, 6.07) is 21.7. The summed E-state index contributed by atoms with van der Waals surface area (Å²) < 4.78 is 0. The third-order valence-electron chi connectivity index (χ3n) is 6.18. The number of nitrogens with one attached hydrogen (secondary N) is 1. The molecule has 8 heteroatoms. The first-order valence-electron chi connectivity index (χ1n) is 12.5. The molecule has 0 fully saturated rings. The fourth-order valence-electron chi connectivity index (χ4n) is 4.23. The van der Waals surface area contributed by atoms with Gasteiger partial charge in [0.15, 0.2) is 0 Å². The van der Waals surface area contributed by atoms with Crippen molar-refractivity contribution in [2.75, 3.05) is 13.1 Å². The SMILES string of the molecule is CCCN(CCc1ccccn1)C(=O)Cc1ccc(C=NNC(=O)c2ccc(O)c(Cl)c2)c2ccccc12. The van der Waals surface area contributed by atoms with Gasteiger partial charge in [0.05, 0.1) is 17.7 Å². The highest BCUT2D eigenvalue weighted by atomic mass is 35.5. The largest absolute Gasteiger partial charge is 0.506 e. The minimum atomic E-state index is -0.448. The average Bonchev–Trinajstić information content (AvgIpc) is 2.94. The van der Waals surface area contributed by atoms with Gasteiger partial charge in [0.2, 0.25) is 5.91 Å². The van der Waals surface area contributed by atoms with Crippen LogP contribution >= 0.6 is 11.6 Å². The van der Waals surface area contributed by atoms with Crippen molar-refractivity contribution in [3.05, 3.63) is 106 Å². The van der Waals surface area contributed by atoms with E-state index >= 15 is 0 Å². The van der Waals surface area contributed by atoms with E-state index in [1.807, 2.05) is 59.5 Å². The summed E-state index contributed by atoms with van der Waals surface area (Å²) >= 11 is 5.89. The molecule has 0 spiro atoms. The van der Waals surface area contributed by atoms with Gasteiger partial charge in [-0.25, -0.2) is 5.43 Å². The molecule has 2 N–H and O–H groups in total. The standard InChI is InChI=1S/C30H29ClN4O3/c1-2-16-35(17-14-24-7-5-6-15-32-24)29(37)19-21-10-11-23(26-9-4-3-8-25(21)26)20-33-34-30(38)22-12-13-28(36)27(31)18-22/h3-13,15,18,20,36H,2,14,16-17,19H2,1H3,(H,34,38). The number of amides is 2. The van der Waals surface area contributed by atoms with Gasteiger partial charge in [-0.3, -0.25) is 14.6 Å². The molecule has 0 bridgehead atoms. The average molecular weight is 529 g/mol. The molecule has 7 nitrogen and oxygen atoms in total. The summed E-state index contributed by atoms with van der Waals surface area (Å²) in [5, 5.41) is 15.6. The monoisotopic (exact) mass is 528 g/mol. The Labute approximate surface area is 226 Å². The molecule has 194 valence electrons. The molecule has 3 aromatic carbocycles. The van der Waals surface area contributed by atoms with E-state index in [-0.39, 0.29) is 22.2 Å². The van der Waals surface area contributed by atoms with Gasteiger partial charge in [-0.05, 0) is 53.1 Å². The molecule has 38 heavy (non-hydrogen) atoms. The highest BCUT2D eigenvalue weighted by Gasteiger charge is 2.16. The van der Waals surface area contributed by atoms with Crippen LogP contribution in [0.5, 0.6) is 5.75 Å². The fraction of sp³-hybridized carbons (Fsp3) is 0.200. The number of aromatic nitrogens is 1. The Kier molecular flexibility index (Phi) is 9.06. The van der Waals surface area contributed by atoms with Crippen LogP contribution in [-0.2, 0) is 17.6 Å². The predicted octanol–water partition coefficient (Wildman–Crippen LogP) is 5.38. The van der Waals surface area contributed by atoms with Gasteiger partial charge in [-0.2, -0.15) is 5.10 Å². The molecule has 4 aromatic rings. The maximum atomic E-state index is 13.3. The zero-order chi connectivity index (χ0) is 26.9. The summed E-state index contributed by atoms with van der Waals surface area (Å²) in [5.74, 6) is -0.464. The first-order valence-corrected chi connectivity index (χ1v) is 12.8. The molecule has 0 radical (unpaired) electrons. The number of carbonyl (C=O) groups excluding carboxylic acids is 2. The smallest absolute Gasteiger partial charge is 0.271 e. The number of hydrogen-bond acceptors (Lipinski definition) is 5. The van der Waals surface area contributed by atoms with E-state index in [1.165, 1.54) is 18.2 Å². The Balaban J connectivity index is 1.48. The van der Waals surface area contributed by atoms with Crippen LogP contribution in [0, 0.1) is 0 Å². The lowest BCUT2D eigenvalue weighted by Gasteiger charge is -2.22. The first kappa shape index (κ1) is 26.8. The topological polar surface area (TPSA) is 94.9 Å². The Bertz CT molecular complexity index is 1460. The van der Waals surface area contributed by atoms with Crippen molar-refractivity contribution < 1.29 is 14.7 Å². The number of phenols is 1. The highest BCUT2D eigenvalue weighted by Crippen LogP contribution is 2.24. The molecule has 1 heterocycles. The summed E-state index contributed by atoms with van der Waals surface area (Å²) in [6.07, 6.45) is 5.23. The predicted molar refractivity (Wildman–Crippen MR) is 151 cm³/mol. The van der Waals surface area contributed by atoms with E-state index in [4.69, 9.17) is 11.6 Å². The molecule has 4 rings (SSSR count). The van der Waals surface area contributed by atoms with Crippen molar-refractivity contribution in [2.24, 2.45) is 5.10 Å². The van der Waals surface area contributed by atoms with Crippen LogP contribution in [0.15, 0.2) is 84.1 Å². The second-order valence-corrected chi connectivity index (χ2v) is 9.26. The molecular weight excluding hydrogens is 500 g/mol. The van der Waals surface area contributed by atoms with Crippen molar-refractivity contribution in [2.45, 2.75) is 26.2 Å². The van der Waals surface area contributed by atoms with Gasteiger partial charge in [0, 0.05) is 42.5 Å². The molecule has 0 aliphatic rings. The van der Waals surface area contributed by atoms with Crippen molar-refractivity contribution >= 4 is 40.4 Å². The minimum Gasteiger partial charge on any atom is -0.506 e. The Morgan fingerprint density at radius 3 is 2.55 bits per heavy atom. The molecule has 2 amide bonds. The molecule has 1 aromatic heterocycles. The van der Waals surface area contributed by atoms with Crippen molar-refractivity contribution in [3.8, 4) is 5.75 Å². The molecular formula is C30H29ClN4O3. The molecule has 0 saturated carbocycles. The Morgan fingerprint density at radius 1 is 1.03 bits per heavy atom. The van der Waals surface area contributed by atoms with Crippen LogP contribution in [0.25, 0.3) is 10.8 Å². The van der Waals surface area contributed by atoms with E-state index in [2.05, 4.69) is 22.4 Å². The van der Waals surface area contributed by atoms with Crippen LogP contribution in [0.4, 0.5) is 0 Å². The zero-order valence-electron chi connectivity index (χ0n) is 21.1. The normalized spacial score (nSPS) is 11.1. The summed E-state index contributed by atoms with van der Waals surface area (Å²) in [4.78, 5) is 32.0. The summed E-state index contributed by atoms with van der Waals surface area (Å²) in [5.41, 5.74) is 5.48. The van der Waals surface area contributed by atoms with Crippen LogP contribution < -0.4 is 5.43 Å². The van der Waals surface area contributed by atoms with Crippen LogP contribution in [0.2, 0.25) is 5.02 Å². The summed E-state index contributed by atoms with van der Waals surface area (Å²) in [6.45, 7) is 3.39. The summed E-state index contributed by atoms with van der Waals surface area (Å²) in [7, 11) is 0. The van der Waals surface area contributed by atoms with E-state index < -0.39 is 5.91 Å². The van der Waals surface area contributed by atoms with E-state index in [0.29, 0.717) is 25.9 Å². The Morgan fingerprint density at radius 2 is 1.82 bits per heavy atom. The number of halogens is 1. The first-order chi connectivity index (χ1) is 18.5. The van der Waals surface area contributed by atoms with Gasteiger partial charge in [0.25, 0.3) is 5.91 Å². The number of phenolic OH excluding ortho intramolecular Hbond substituents is 1. The van der Waals surface area contributed by atoms with Crippen LogP contribution in [0.3, 0.4) is 0 Å². The number of pyridine rings is 1. The number of rotatable bonds is 10. The van der Waals surface area contributed by atoms with Gasteiger partial charge in [-0.15, -0.1) is 0 Å². The van der Waals surface area contributed by atoms with Crippen LogP contribution in [0.1, 0.15) is 40.5 Å². The number of aromatic hydroxyl groups is 1. The maximum Gasteiger partial charge on any atom is 0.271 e. The number of benzene rings is 3. The lowest BCUT2D eigenvalue weighted by Crippen LogP contribution is -2.35. The van der Waals surface area contributed by atoms with Gasteiger partial charge in [0.1, 0.15) is 5.75 Å². The second kappa shape index (κ2) is 12.8. The minimum absolute atomic E-state index is 0.0779. The van der Waals surface area contributed by atoms with Gasteiger partial charge < -0.3 is 10.0 Å². The number of fused-ring (bicyclic) bond motifs is 1. The van der Waals surface area contributed by atoms with E-state index in [1.54, 1.807) is 12.4 Å². The molecule has 0 aliphatic heterocycles. The quantitative estimate of drug-likeness (QED) is 0.213. The second-order valence-electron chi connectivity index (χ2n) is 8.85. The zero-order valence-corrected chi connectivity index (χ0v) is 21.9. The lowest BCUT2D eigenvalue weighted by atomic mass is 9.97. The van der Waals surface area contributed by atoms with Crippen molar-refractivity contribution in [1.29, 1.82) is 0 Å². The molecule has 0 atom stereocenters. The highest BCUT2D eigenvalue weighted by molar-refractivity contribution is 6.32. The molecule has 0 unspecified atom stereocenters. The van der Waals surface area contributed by atoms with E-state index in [0.717, 1.165) is 34.0 Å². The number of nitrogens with zero attached hydrogens (tertiary/aromatic N) is 3. The third kappa shape index (κ3) is 6.75. The number of carbonyl (C=O) groups is 2. The lowest BCUT2D eigenvalue weighted by molar-refractivity contribution is -0.130. The van der Waals surface area contributed by atoms with Gasteiger partial charge in [-0.1, -0.05) is 61.0 Å². The van der Waals surface area contributed by atoms with Crippen molar-refractivity contribution in [3.63, 3.8) is 0 Å². The van der Waals surface area contributed by atoms with Gasteiger partial charge >= 0.3 is 0 Å². The third-order valence-corrected chi connectivity index (χ3v) is 6.48. The molecule has 0 saturated heterocycles. The van der Waals surface area contributed by atoms with E-state index in [9.17, 15) is 14.7 Å². The maximum absolute atomic E-state index is 13.3. The fourth-order valence-corrected chi connectivity index (χ4v) is 4.41. The molecule has 0 aliphatic carbocycles. The Hall–Kier alpha value is -4.23. The number of hydrazone groups is 1. The number of hydrogen-bond donors (Lipinski definition) is 2. The van der Waals surface area contributed by atoms with Crippen LogP contribution in [-0.4, -0.2) is 46.1 Å².